The van der Waals surface area contributed by atoms with Gasteiger partial charge in [0.2, 0.25) is 5.91 Å². The van der Waals surface area contributed by atoms with E-state index >= 15 is 0 Å². The van der Waals surface area contributed by atoms with E-state index in [-0.39, 0.29) is 22.4 Å². The molecule has 0 saturated carbocycles. The van der Waals surface area contributed by atoms with Gasteiger partial charge in [-0.15, -0.1) is 0 Å². The Morgan fingerprint density at radius 2 is 2.19 bits per heavy atom. The van der Waals surface area contributed by atoms with E-state index in [1.54, 1.807) is 0 Å². The summed E-state index contributed by atoms with van der Waals surface area (Å²) in [5, 5.41) is 13.0. The monoisotopic (exact) mass is 244 g/mol. The minimum atomic E-state index is -0.623. The van der Waals surface area contributed by atoms with Crippen LogP contribution in [0.1, 0.15) is 6.92 Å². The highest BCUT2D eigenvalue weighted by molar-refractivity contribution is 6.33. The lowest BCUT2D eigenvalue weighted by atomic mass is 10.2. The van der Waals surface area contributed by atoms with Crippen molar-refractivity contribution < 1.29 is 14.5 Å². The van der Waals surface area contributed by atoms with Crippen molar-refractivity contribution in [1.29, 1.82) is 0 Å². The van der Waals surface area contributed by atoms with Crippen LogP contribution in [0.15, 0.2) is 12.1 Å². The number of carbonyl (C=O) groups is 1. The van der Waals surface area contributed by atoms with E-state index in [0.717, 1.165) is 6.07 Å². The van der Waals surface area contributed by atoms with Crippen molar-refractivity contribution in [1.82, 2.24) is 0 Å². The first-order chi connectivity index (χ1) is 7.45. The van der Waals surface area contributed by atoms with Gasteiger partial charge in [-0.25, -0.2) is 0 Å². The summed E-state index contributed by atoms with van der Waals surface area (Å²) in [4.78, 5) is 20.8. The van der Waals surface area contributed by atoms with Crippen molar-refractivity contribution in [2.45, 2.75) is 6.92 Å². The van der Waals surface area contributed by atoms with Gasteiger partial charge in [0, 0.05) is 6.92 Å². The summed E-state index contributed by atoms with van der Waals surface area (Å²) < 4.78 is 4.91. The number of carbonyl (C=O) groups excluding carboxylic acids is 1. The number of anilines is 1. The van der Waals surface area contributed by atoms with Gasteiger partial charge >= 0.3 is 0 Å². The Morgan fingerprint density at radius 3 is 2.62 bits per heavy atom. The number of nitrogens with one attached hydrogen (secondary N) is 1. The van der Waals surface area contributed by atoms with Gasteiger partial charge in [0.25, 0.3) is 5.69 Å². The second-order valence-electron chi connectivity index (χ2n) is 2.94. The minimum Gasteiger partial charge on any atom is -0.494 e. The molecule has 0 aliphatic carbocycles. The molecule has 1 aromatic carbocycles. The Labute approximate surface area is 96.3 Å². The molecular formula is C9H9ClN2O4. The number of methoxy groups -OCH3 is 1. The standard InChI is InChI=1S/C9H9ClN2O4/c1-5(13)11-7-3-6(10)8(12(14)15)4-9(7)16-2/h3-4H,1-2H3,(H,11,13). The maximum atomic E-state index is 10.9. The summed E-state index contributed by atoms with van der Waals surface area (Å²) in [6, 6.07) is 2.44. The van der Waals surface area contributed by atoms with Gasteiger partial charge in [-0.1, -0.05) is 11.6 Å². The maximum Gasteiger partial charge on any atom is 0.291 e. The van der Waals surface area contributed by atoms with Crippen molar-refractivity contribution in [2.75, 3.05) is 12.4 Å². The highest BCUT2D eigenvalue weighted by Crippen LogP contribution is 2.35. The van der Waals surface area contributed by atoms with Gasteiger partial charge in [0.15, 0.2) is 0 Å². The number of ether oxygens (including phenoxy) is 1. The largest absolute Gasteiger partial charge is 0.494 e. The predicted molar refractivity (Wildman–Crippen MR) is 59.0 cm³/mol. The molecule has 1 N–H and O–H groups in total. The molecule has 0 unspecified atom stereocenters. The Bertz CT molecular complexity index is 447. The van der Waals surface area contributed by atoms with Crippen LogP contribution in [-0.2, 0) is 4.79 Å². The first-order valence-corrected chi connectivity index (χ1v) is 4.63. The summed E-state index contributed by atoms with van der Waals surface area (Å²) in [7, 11) is 1.35. The Morgan fingerprint density at radius 1 is 1.56 bits per heavy atom. The number of rotatable bonds is 3. The molecule has 1 aromatic rings. The predicted octanol–water partition coefficient (Wildman–Crippen LogP) is 2.22. The van der Waals surface area contributed by atoms with Crippen LogP contribution < -0.4 is 10.1 Å². The van der Waals surface area contributed by atoms with Gasteiger partial charge in [-0.05, 0) is 6.07 Å². The van der Waals surface area contributed by atoms with Crippen LogP contribution in [0.25, 0.3) is 0 Å². The van der Waals surface area contributed by atoms with E-state index in [9.17, 15) is 14.9 Å². The molecule has 0 saturated heterocycles. The highest BCUT2D eigenvalue weighted by atomic mass is 35.5. The fourth-order valence-electron chi connectivity index (χ4n) is 1.14. The Balaban J connectivity index is 3.26. The van der Waals surface area contributed by atoms with Crippen LogP contribution in [0.3, 0.4) is 0 Å². The lowest BCUT2D eigenvalue weighted by Crippen LogP contribution is -2.07. The fourth-order valence-corrected chi connectivity index (χ4v) is 1.37. The molecule has 0 spiro atoms. The molecule has 1 amide bonds. The minimum absolute atomic E-state index is 0.0606. The quantitative estimate of drug-likeness (QED) is 0.653. The lowest BCUT2D eigenvalue weighted by molar-refractivity contribution is -0.384. The van der Waals surface area contributed by atoms with E-state index in [0.29, 0.717) is 5.69 Å². The second-order valence-corrected chi connectivity index (χ2v) is 3.35. The Hall–Kier alpha value is -1.82. The van der Waals surface area contributed by atoms with E-state index in [1.165, 1.54) is 20.1 Å². The Kier molecular flexibility index (Phi) is 3.68. The molecule has 86 valence electrons. The number of hydrogen-bond acceptors (Lipinski definition) is 4. The van der Waals surface area contributed by atoms with Crippen LogP contribution in [0.2, 0.25) is 5.02 Å². The van der Waals surface area contributed by atoms with Crippen molar-refractivity contribution >= 4 is 28.9 Å². The summed E-state index contributed by atoms with van der Waals surface area (Å²) in [6.07, 6.45) is 0. The molecule has 0 atom stereocenters. The first kappa shape index (κ1) is 12.3. The molecule has 0 aromatic heterocycles. The van der Waals surface area contributed by atoms with Gasteiger partial charge in [0.05, 0.1) is 23.8 Å². The summed E-state index contributed by atoms with van der Waals surface area (Å²) in [5.41, 5.74) is 0.0261. The van der Waals surface area contributed by atoms with Crippen LogP contribution >= 0.6 is 11.6 Å². The maximum absolute atomic E-state index is 10.9. The molecule has 7 heteroatoms. The first-order valence-electron chi connectivity index (χ1n) is 4.25. The van der Waals surface area contributed by atoms with Crippen LogP contribution in [0.4, 0.5) is 11.4 Å². The third-order valence-electron chi connectivity index (χ3n) is 1.78. The lowest BCUT2D eigenvalue weighted by Gasteiger charge is -2.09. The molecule has 0 bridgehead atoms. The topological polar surface area (TPSA) is 81.5 Å². The summed E-state index contributed by atoms with van der Waals surface area (Å²) in [5.74, 6) is -0.130. The summed E-state index contributed by atoms with van der Waals surface area (Å²) in [6.45, 7) is 1.31. The van der Waals surface area contributed by atoms with E-state index < -0.39 is 4.92 Å². The zero-order valence-corrected chi connectivity index (χ0v) is 9.37. The molecule has 0 fully saturated rings. The third kappa shape index (κ3) is 2.60. The van der Waals surface area contributed by atoms with Gasteiger partial charge in [-0.2, -0.15) is 0 Å². The van der Waals surface area contributed by atoms with E-state index in [4.69, 9.17) is 16.3 Å². The van der Waals surface area contributed by atoms with Gasteiger partial charge in [-0.3, -0.25) is 14.9 Å². The molecular weight excluding hydrogens is 236 g/mol. The summed E-state index contributed by atoms with van der Waals surface area (Å²) >= 11 is 5.69. The zero-order chi connectivity index (χ0) is 12.3. The molecule has 1 rings (SSSR count). The molecule has 16 heavy (non-hydrogen) atoms. The average molecular weight is 245 g/mol. The van der Waals surface area contributed by atoms with Crippen LogP contribution in [0, 0.1) is 10.1 Å². The SMILES string of the molecule is COc1cc([N+](=O)[O-])c(Cl)cc1NC(C)=O. The van der Waals surface area contributed by atoms with Crippen LogP contribution in [0.5, 0.6) is 5.75 Å². The smallest absolute Gasteiger partial charge is 0.291 e. The number of nitrogens with zero attached hydrogens (tertiary/aromatic N) is 1. The van der Waals surface area contributed by atoms with Crippen LogP contribution in [-0.4, -0.2) is 17.9 Å². The molecule has 0 aliphatic heterocycles. The van der Waals surface area contributed by atoms with Gasteiger partial charge < -0.3 is 10.1 Å². The number of halogens is 1. The van der Waals surface area contributed by atoms with E-state index in [1.807, 2.05) is 0 Å². The molecule has 0 radical (unpaired) electrons. The van der Waals surface area contributed by atoms with Crippen molar-refractivity contribution in [3.05, 3.63) is 27.3 Å². The zero-order valence-electron chi connectivity index (χ0n) is 8.61. The van der Waals surface area contributed by atoms with E-state index in [2.05, 4.69) is 5.32 Å². The number of benzene rings is 1. The highest BCUT2D eigenvalue weighted by Gasteiger charge is 2.17. The third-order valence-corrected chi connectivity index (χ3v) is 2.08. The molecule has 0 heterocycles. The second kappa shape index (κ2) is 4.80. The number of amides is 1. The van der Waals surface area contributed by atoms with Crippen molar-refractivity contribution in [3.8, 4) is 5.75 Å². The van der Waals surface area contributed by atoms with Gasteiger partial charge in [0.1, 0.15) is 10.8 Å². The normalized spacial score (nSPS) is 9.69. The average Bonchev–Trinajstić information content (AvgIpc) is 2.16. The molecule has 6 nitrogen and oxygen atoms in total. The number of nitro groups is 1. The number of nitro benzene ring substituents is 1. The fraction of sp³-hybridized carbons (Fsp3) is 0.222. The van der Waals surface area contributed by atoms with Crippen molar-refractivity contribution in [2.24, 2.45) is 0 Å². The molecule has 0 aliphatic rings. The van der Waals surface area contributed by atoms with Crippen molar-refractivity contribution in [3.63, 3.8) is 0 Å². The number of hydrogen-bond donors (Lipinski definition) is 1.